The molecule has 6 nitrogen and oxygen atoms in total. The van der Waals surface area contributed by atoms with E-state index >= 15 is 0 Å². The molecule has 0 spiro atoms. The van der Waals surface area contributed by atoms with Crippen LogP contribution in [0, 0.1) is 5.82 Å². The third-order valence-corrected chi connectivity index (χ3v) is 4.56. The van der Waals surface area contributed by atoms with Crippen LogP contribution in [0.5, 0.6) is 5.75 Å². The SMILES string of the molecule is CCOc1ccc2nc(NC(=O)CCC(=O)Nc3ccc(F)cc3)sc2c1. The van der Waals surface area contributed by atoms with Gasteiger partial charge in [-0.2, -0.15) is 0 Å². The molecule has 2 N–H and O–H groups in total. The molecule has 0 unspecified atom stereocenters. The number of ether oxygens (including phenoxy) is 1. The highest BCUT2D eigenvalue weighted by Crippen LogP contribution is 2.29. The van der Waals surface area contributed by atoms with Gasteiger partial charge in [0.1, 0.15) is 11.6 Å². The van der Waals surface area contributed by atoms with Gasteiger partial charge in [0.15, 0.2) is 5.13 Å². The van der Waals surface area contributed by atoms with E-state index in [0.717, 1.165) is 16.0 Å². The summed E-state index contributed by atoms with van der Waals surface area (Å²) in [5, 5.41) is 5.80. The van der Waals surface area contributed by atoms with Crippen LogP contribution in [0.25, 0.3) is 10.2 Å². The van der Waals surface area contributed by atoms with Crippen molar-refractivity contribution in [3.05, 3.63) is 48.3 Å². The van der Waals surface area contributed by atoms with Crippen LogP contribution in [0.15, 0.2) is 42.5 Å². The number of halogens is 1. The Morgan fingerprint density at radius 2 is 1.78 bits per heavy atom. The predicted octanol–water partition coefficient (Wildman–Crippen LogP) is 4.19. The van der Waals surface area contributed by atoms with Crippen LogP contribution in [0.4, 0.5) is 15.2 Å². The van der Waals surface area contributed by atoms with E-state index in [-0.39, 0.29) is 30.5 Å². The summed E-state index contributed by atoms with van der Waals surface area (Å²) < 4.78 is 19.2. The molecular weight excluding hydrogens is 369 g/mol. The molecule has 0 aliphatic carbocycles. The van der Waals surface area contributed by atoms with Crippen molar-refractivity contribution in [1.29, 1.82) is 0 Å². The quantitative estimate of drug-likeness (QED) is 0.637. The third kappa shape index (κ3) is 5.24. The zero-order valence-electron chi connectivity index (χ0n) is 14.6. The largest absolute Gasteiger partial charge is 0.494 e. The molecule has 0 bridgehead atoms. The second-order valence-corrected chi connectivity index (χ2v) is 6.72. The smallest absolute Gasteiger partial charge is 0.226 e. The summed E-state index contributed by atoms with van der Waals surface area (Å²) in [6.07, 6.45) is 0.0374. The van der Waals surface area contributed by atoms with Crippen molar-refractivity contribution in [2.45, 2.75) is 19.8 Å². The number of nitrogens with zero attached hydrogens (tertiary/aromatic N) is 1. The van der Waals surface area contributed by atoms with Gasteiger partial charge in [0, 0.05) is 18.5 Å². The first kappa shape index (κ1) is 18.8. The fraction of sp³-hybridized carbons (Fsp3) is 0.211. The Kier molecular flexibility index (Phi) is 5.97. The average molecular weight is 387 g/mol. The molecule has 140 valence electrons. The molecule has 0 saturated heterocycles. The van der Waals surface area contributed by atoms with Crippen LogP contribution in [-0.2, 0) is 9.59 Å². The Bertz CT molecular complexity index is 956. The van der Waals surface area contributed by atoms with Crippen LogP contribution in [0.2, 0.25) is 0 Å². The molecule has 0 atom stereocenters. The normalized spacial score (nSPS) is 10.6. The minimum atomic E-state index is -0.378. The highest BCUT2D eigenvalue weighted by atomic mass is 32.1. The van der Waals surface area contributed by atoms with Crippen molar-refractivity contribution in [3.8, 4) is 5.75 Å². The van der Waals surface area contributed by atoms with Crippen molar-refractivity contribution < 1.29 is 18.7 Å². The molecule has 0 saturated carbocycles. The van der Waals surface area contributed by atoms with Crippen LogP contribution < -0.4 is 15.4 Å². The summed E-state index contributed by atoms with van der Waals surface area (Å²) in [7, 11) is 0. The molecule has 0 fully saturated rings. The van der Waals surface area contributed by atoms with E-state index in [9.17, 15) is 14.0 Å². The number of carbonyl (C=O) groups excluding carboxylic acids is 2. The number of benzene rings is 2. The lowest BCUT2D eigenvalue weighted by molar-refractivity contribution is -0.121. The van der Waals surface area contributed by atoms with Gasteiger partial charge in [-0.05, 0) is 49.4 Å². The first-order valence-electron chi connectivity index (χ1n) is 8.42. The van der Waals surface area contributed by atoms with Gasteiger partial charge in [0.2, 0.25) is 11.8 Å². The van der Waals surface area contributed by atoms with E-state index in [1.165, 1.54) is 35.6 Å². The summed E-state index contributed by atoms with van der Waals surface area (Å²) in [5.41, 5.74) is 1.26. The number of hydrogen-bond donors (Lipinski definition) is 2. The molecule has 3 rings (SSSR count). The lowest BCUT2D eigenvalue weighted by atomic mass is 10.2. The van der Waals surface area contributed by atoms with Gasteiger partial charge in [-0.3, -0.25) is 9.59 Å². The molecule has 2 amide bonds. The zero-order chi connectivity index (χ0) is 19.2. The van der Waals surface area contributed by atoms with E-state index in [4.69, 9.17) is 4.74 Å². The molecule has 0 aliphatic rings. The van der Waals surface area contributed by atoms with E-state index < -0.39 is 0 Å². The summed E-state index contributed by atoms with van der Waals surface area (Å²) in [4.78, 5) is 28.3. The van der Waals surface area contributed by atoms with E-state index in [1.54, 1.807) is 0 Å². The van der Waals surface area contributed by atoms with Crippen molar-refractivity contribution in [2.24, 2.45) is 0 Å². The molecule has 1 aromatic heterocycles. The molecule has 8 heteroatoms. The van der Waals surface area contributed by atoms with Gasteiger partial charge in [-0.25, -0.2) is 9.37 Å². The highest BCUT2D eigenvalue weighted by molar-refractivity contribution is 7.22. The van der Waals surface area contributed by atoms with Gasteiger partial charge >= 0.3 is 0 Å². The summed E-state index contributed by atoms with van der Waals surface area (Å²) in [6.45, 7) is 2.49. The number of aromatic nitrogens is 1. The summed E-state index contributed by atoms with van der Waals surface area (Å²) in [6, 6.07) is 11.0. The Hall–Kier alpha value is -3.00. The Balaban J connectivity index is 1.52. The van der Waals surface area contributed by atoms with Crippen molar-refractivity contribution >= 4 is 44.2 Å². The fourth-order valence-electron chi connectivity index (χ4n) is 2.38. The lowest BCUT2D eigenvalue weighted by Gasteiger charge is -2.05. The van der Waals surface area contributed by atoms with Gasteiger partial charge in [-0.15, -0.1) is 0 Å². The molecule has 27 heavy (non-hydrogen) atoms. The van der Waals surface area contributed by atoms with Gasteiger partial charge < -0.3 is 15.4 Å². The molecule has 1 heterocycles. The summed E-state index contributed by atoms with van der Waals surface area (Å²) in [5.74, 6) is -0.240. The minimum absolute atomic E-state index is 0.0165. The summed E-state index contributed by atoms with van der Waals surface area (Å²) >= 11 is 1.34. The van der Waals surface area contributed by atoms with Gasteiger partial charge in [0.25, 0.3) is 0 Å². The fourth-order valence-corrected chi connectivity index (χ4v) is 3.29. The predicted molar refractivity (Wildman–Crippen MR) is 104 cm³/mol. The van der Waals surface area contributed by atoms with Gasteiger partial charge in [0.05, 0.1) is 16.8 Å². The van der Waals surface area contributed by atoms with Crippen LogP contribution in [0.1, 0.15) is 19.8 Å². The molecule has 3 aromatic rings. The second kappa shape index (κ2) is 8.59. The number of thiazole rings is 1. The number of hydrogen-bond acceptors (Lipinski definition) is 5. The first-order chi connectivity index (χ1) is 13.0. The number of anilines is 2. The number of fused-ring (bicyclic) bond motifs is 1. The second-order valence-electron chi connectivity index (χ2n) is 5.68. The van der Waals surface area contributed by atoms with Gasteiger partial charge in [-0.1, -0.05) is 11.3 Å². The van der Waals surface area contributed by atoms with E-state index in [1.807, 2.05) is 25.1 Å². The monoisotopic (exact) mass is 387 g/mol. The minimum Gasteiger partial charge on any atom is -0.494 e. The van der Waals surface area contributed by atoms with E-state index in [0.29, 0.717) is 17.4 Å². The number of carbonyl (C=O) groups is 2. The lowest BCUT2D eigenvalue weighted by Crippen LogP contribution is -2.17. The maximum absolute atomic E-state index is 12.8. The van der Waals surface area contributed by atoms with Crippen molar-refractivity contribution in [2.75, 3.05) is 17.2 Å². The highest BCUT2D eigenvalue weighted by Gasteiger charge is 2.11. The third-order valence-electron chi connectivity index (χ3n) is 3.62. The van der Waals surface area contributed by atoms with Crippen LogP contribution in [-0.4, -0.2) is 23.4 Å². The Labute approximate surface area is 159 Å². The zero-order valence-corrected chi connectivity index (χ0v) is 15.4. The maximum Gasteiger partial charge on any atom is 0.226 e. The topological polar surface area (TPSA) is 80.3 Å². The van der Waals surface area contributed by atoms with Crippen molar-refractivity contribution in [3.63, 3.8) is 0 Å². The van der Waals surface area contributed by atoms with Crippen LogP contribution in [0.3, 0.4) is 0 Å². The van der Waals surface area contributed by atoms with E-state index in [2.05, 4.69) is 15.6 Å². The standard InChI is InChI=1S/C19H18FN3O3S/c1-2-26-14-7-8-15-16(11-14)27-19(22-15)23-18(25)10-9-17(24)21-13-5-3-12(20)4-6-13/h3-8,11H,2,9-10H2,1H3,(H,21,24)(H,22,23,25). The Morgan fingerprint density at radius 1 is 1.07 bits per heavy atom. The molecule has 2 aromatic carbocycles. The first-order valence-corrected chi connectivity index (χ1v) is 9.24. The average Bonchev–Trinajstić information content (AvgIpc) is 3.03. The maximum atomic E-state index is 12.8. The Morgan fingerprint density at radius 3 is 2.48 bits per heavy atom. The van der Waals surface area contributed by atoms with Crippen LogP contribution >= 0.6 is 11.3 Å². The number of amides is 2. The number of rotatable bonds is 7. The van der Waals surface area contributed by atoms with Crippen molar-refractivity contribution in [1.82, 2.24) is 4.98 Å². The number of nitrogens with one attached hydrogen (secondary N) is 2. The molecular formula is C19H18FN3O3S. The molecule has 0 aliphatic heterocycles. The molecule has 0 radical (unpaired) electrons.